The number of benzene rings is 1. The van der Waals surface area contributed by atoms with Gasteiger partial charge < -0.3 is 9.88 Å². The fourth-order valence-corrected chi connectivity index (χ4v) is 4.37. The van der Waals surface area contributed by atoms with E-state index in [-0.39, 0.29) is 5.91 Å². The third kappa shape index (κ3) is 3.98. The molecular formula is C21H28N4O. The number of amides is 1. The van der Waals surface area contributed by atoms with Crippen molar-refractivity contribution < 1.29 is 4.79 Å². The minimum Gasteiger partial charge on any atom is -0.348 e. The van der Waals surface area contributed by atoms with Gasteiger partial charge in [0, 0.05) is 31.4 Å². The highest BCUT2D eigenvalue weighted by Crippen LogP contribution is 2.28. The standard InChI is InChI=1S/C21H28N4O/c26-20(25-12-4-7-19(15-25)21-22-10-11-23-21)16-24-13-8-18(9-14-24)17-5-2-1-3-6-17/h1-3,5-6,10-11,18-19H,4,7-9,12-16H2,(H,22,23)/t19-/m0/s1. The average molecular weight is 352 g/mol. The molecule has 2 aliphatic rings. The Balaban J connectivity index is 1.27. The summed E-state index contributed by atoms with van der Waals surface area (Å²) in [7, 11) is 0. The van der Waals surface area contributed by atoms with Gasteiger partial charge in [0.15, 0.2) is 0 Å². The van der Waals surface area contributed by atoms with E-state index in [0.717, 1.165) is 57.7 Å². The van der Waals surface area contributed by atoms with Gasteiger partial charge in [-0.2, -0.15) is 0 Å². The summed E-state index contributed by atoms with van der Waals surface area (Å²) in [5.74, 6) is 2.29. The minimum absolute atomic E-state index is 0.277. The van der Waals surface area contributed by atoms with E-state index >= 15 is 0 Å². The Hall–Kier alpha value is -2.14. The molecule has 1 amide bonds. The zero-order valence-corrected chi connectivity index (χ0v) is 15.3. The average Bonchev–Trinajstić information content (AvgIpc) is 3.24. The number of carbonyl (C=O) groups excluding carboxylic acids is 1. The molecule has 26 heavy (non-hydrogen) atoms. The molecule has 2 saturated heterocycles. The Labute approximate surface area is 155 Å². The van der Waals surface area contributed by atoms with E-state index in [4.69, 9.17) is 0 Å². The van der Waals surface area contributed by atoms with Crippen LogP contribution in [0.4, 0.5) is 0 Å². The van der Waals surface area contributed by atoms with Crippen LogP contribution in [0.5, 0.6) is 0 Å². The van der Waals surface area contributed by atoms with Crippen LogP contribution in [0.3, 0.4) is 0 Å². The quantitative estimate of drug-likeness (QED) is 0.920. The van der Waals surface area contributed by atoms with Crippen LogP contribution in [0.15, 0.2) is 42.7 Å². The number of H-pyrrole nitrogens is 1. The zero-order valence-electron chi connectivity index (χ0n) is 15.3. The summed E-state index contributed by atoms with van der Waals surface area (Å²) in [5.41, 5.74) is 1.44. The van der Waals surface area contributed by atoms with E-state index in [1.165, 1.54) is 5.56 Å². The smallest absolute Gasteiger partial charge is 0.236 e. The highest BCUT2D eigenvalue weighted by atomic mass is 16.2. The van der Waals surface area contributed by atoms with Crippen LogP contribution in [-0.2, 0) is 4.79 Å². The molecule has 1 atom stereocenters. The lowest BCUT2D eigenvalue weighted by molar-refractivity contribution is -0.134. The van der Waals surface area contributed by atoms with Crippen molar-refractivity contribution in [2.75, 3.05) is 32.7 Å². The highest BCUT2D eigenvalue weighted by molar-refractivity contribution is 5.78. The van der Waals surface area contributed by atoms with E-state index in [1.807, 2.05) is 11.1 Å². The number of hydrogen-bond acceptors (Lipinski definition) is 3. The van der Waals surface area contributed by atoms with Gasteiger partial charge in [-0.15, -0.1) is 0 Å². The molecule has 1 aromatic heterocycles. The van der Waals surface area contributed by atoms with Gasteiger partial charge in [0.05, 0.1) is 6.54 Å². The first-order chi connectivity index (χ1) is 12.8. The number of aromatic nitrogens is 2. The number of nitrogens with one attached hydrogen (secondary N) is 1. The molecule has 1 N–H and O–H groups in total. The van der Waals surface area contributed by atoms with E-state index in [1.54, 1.807) is 6.20 Å². The summed E-state index contributed by atoms with van der Waals surface area (Å²) in [4.78, 5) is 24.8. The van der Waals surface area contributed by atoms with Gasteiger partial charge in [-0.3, -0.25) is 9.69 Å². The number of carbonyl (C=O) groups is 1. The SMILES string of the molecule is O=C(CN1CCC(c2ccccc2)CC1)N1CCC[C@H](c2ncc[nH]2)C1. The Morgan fingerprint density at radius 1 is 1.08 bits per heavy atom. The Morgan fingerprint density at radius 3 is 2.62 bits per heavy atom. The first-order valence-electron chi connectivity index (χ1n) is 9.84. The Kier molecular flexibility index (Phi) is 5.34. The van der Waals surface area contributed by atoms with Crippen LogP contribution in [0.25, 0.3) is 0 Å². The van der Waals surface area contributed by atoms with Crippen LogP contribution >= 0.6 is 0 Å². The molecule has 2 fully saturated rings. The molecule has 0 radical (unpaired) electrons. The van der Waals surface area contributed by atoms with E-state index in [9.17, 15) is 4.79 Å². The van der Waals surface area contributed by atoms with Crippen molar-refractivity contribution in [1.29, 1.82) is 0 Å². The molecule has 5 nitrogen and oxygen atoms in total. The molecule has 0 unspecified atom stereocenters. The predicted octanol–water partition coefficient (Wildman–Crippen LogP) is 3.00. The van der Waals surface area contributed by atoms with Crippen LogP contribution in [0.2, 0.25) is 0 Å². The number of piperidine rings is 2. The van der Waals surface area contributed by atoms with Gasteiger partial charge in [0.2, 0.25) is 5.91 Å². The first-order valence-corrected chi connectivity index (χ1v) is 9.84. The summed E-state index contributed by atoms with van der Waals surface area (Å²) >= 11 is 0. The summed E-state index contributed by atoms with van der Waals surface area (Å²) < 4.78 is 0. The molecule has 0 aliphatic carbocycles. The van der Waals surface area contributed by atoms with Gasteiger partial charge in [0.25, 0.3) is 0 Å². The number of rotatable bonds is 4. The second-order valence-corrected chi connectivity index (χ2v) is 7.61. The predicted molar refractivity (Wildman–Crippen MR) is 102 cm³/mol. The second-order valence-electron chi connectivity index (χ2n) is 7.61. The lowest BCUT2D eigenvalue weighted by Crippen LogP contribution is -2.46. The molecule has 3 heterocycles. The molecule has 4 rings (SSSR count). The Morgan fingerprint density at radius 2 is 1.88 bits per heavy atom. The van der Waals surface area contributed by atoms with E-state index < -0.39 is 0 Å². The largest absolute Gasteiger partial charge is 0.348 e. The second kappa shape index (κ2) is 8.04. The van der Waals surface area contributed by atoms with Crippen molar-refractivity contribution in [2.45, 2.75) is 37.5 Å². The fourth-order valence-electron chi connectivity index (χ4n) is 4.37. The van der Waals surface area contributed by atoms with Crippen molar-refractivity contribution in [3.63, 3.8) is 0 Å². The molecule has 1 aromatic carbocycles. The summed E-state index contributed by atoms with van der Waals surface area (Å²) in [5, 5.41) is 0. The number of imidazole rings is 1. The van der Waals surface area contributed by atoms with E-state index in [2.05, 4.69) is 45.2 Å². The van der Waals surface area contributed by atoms with E-state index in [0.29, 0.717) is 18.4 Å². The molecule has 0 spiro atoms. The zero-order chi connectivity index (χ0) is 17.8. The third-order valence-corrected chi connectivity index (χ3v) is 5.90. The molecule has 0 bridgehead atoms. The van der Waals surface area contributed by atoms with Crippen molar-refractivity contribution in [3.8, 4) is 0 Å². The van der Waals surface area contributed by atoms with Crippen LogP contribution in [-0.4, -0.2) is 58.4 Å². The topological polar surface area (TPSA) is 52.2 Å². The molecular weight excluding hydrogens is 324 g/mol. The lowest BCUT2D eigenvalue weighted by atomic mass is 9.89. The molecule has 2 aliphatic heterocycles. The fraction of sp³-hybridized carbons (Fsp3) is 0.524. The minimum atomic E-state index is 0.277. The maximum atomic E-state index is 12.8. The lowest BCUT2D eigenvalue weighted by Gasteiger charge is -2.36. The molecule has 2 aromatic rings. The number of likely N-dealkylation sites (tertiary alicyclic amines) is 2. The monoisotopic (exact) mass is 352 g/mol. The van der Waals surface area contributed by atoms with Gasteiger partial charge in [-0.05, 0) is 50.3 Å². The number of nitrogens with zero attached hydrogens (tertiary/aromatic N) is 3. The van der Waals surface area contributed by atoms with Crippen molar-refractivity contribution >= 4 is 5.91 Å². The summed E-state index contributed by atoms with van der Waals surface area (Å²) in [6.45, 7) is 4.28. The van der Waals surface area contributed by atoms with Crippen molar-refractivity contribution in [1.82, 2.24) is 19.8 Å². The van der Waals surface area contributed by atoms with Crippen LogP contribution in [0, 0.1) is 0 Å². The summed E-state index contributed by atoms with van der Waals surface area (Å²) in [6, 6.07) is 10.8. The van der Waals surface area contributed by atoms with Crippen LogP contribution in [0.1, 0.15) is 48.9 Å². The first kappa shape index (κ1) is 17.3. The summed E-state index contributed by atoms with van der Waals surface area (Å²) in [6.07, 6.45) is 8.13. The third-order valence-electron chi connectivity index (χ3n) is 5.90. The number of hydrogen-bond donors (Lipinski definition) is 1. The van der Waals surface area contributed by atoms with Gasteiger partial charge >= 0.3 is 0 Å². The number of aromatic amines is 1. The Bertz CT molecular complexity index is 692. The van der Waals surface area contributed by atoms with Gasteiger partial charge in [-0.25, -0.2) is 4.98 Å². The molecule has 138 valence electrons. The van der Waals surface area contributed by atoms with Crippen molar-refractivity contribution in [3.05, 3.63) is 54.1 Å². The molecule has 5 heteroatoms. The van der Waals surface area contributed by atoms with Crippen LogP contribution < -0.4 is 0 Å². The highest BCUT2D eigenvalue weighted by Gasteiger charge is 2.28. The normalized spacial score (nSPS) is 22.5. The maximum absolute atomic E-state index is 12.8. The van der Waals surface area contributed by atoms with Gasteiger partial charge in [0.1, 0.15) is 5.82 Å². The van der Waals surface area contributed by atoms with Crippen molar-refractivity contribution in [2.24, 2.45) is 0 Å². The molecule has 0 saturated carbocycles. The van der Waals surface area contributed by atoms with Gasteiger partial charge in [-0.1, -0.05) is 30.3 Å². The maximum Gasteiger partial charge on any atom is 0.236 e.